The molecule has 0 saturated carbocycles. The van der Waals surface area contributed by atoms with Crippen molar-refractivity contribution < 1.29 is 19.1 Å². The number of carbonyl (C=O) groups excluding carboxylic acids is 2. The Morgan fingerprint density at radius 2 is 2.04 bits per heavy atom. The Bertz CT molecular complexity index is 785. The summed E-state index contributed by atoms with van der Waals surface area (Å²) in [5, 5.41) is 3.04. The molecule has 1 atom stereocenters. The third-order valence-electron chi connectivity index (χ3n) is 3.87. The van der Waals surface area contributed by atoms with E-state index in [4.69, 9.17) is 9.47 Å². The zero-order chi connectivity index (χ0) is 17.1. The Morgan fingerprint density at radius 3 is 2.83 bits per heavy atom. The molecule has 0 spiro atoms. The molecule has 1 N–H and O–H groups in total. The van der Waals surface area contributed by atoms with E-state index >= 15 is 0 Å². The summed E-state index contributed by atoms with van der Waals surface area (Å²) in [5.41, 5.74) is 2.57. The molecule has 0 aliphatic carbocycles. The van der Waals surface area contributed by atoms with E-state index in [9.17, 15) is 9.59 Å². The molecule has 0 fully saturated rings. The van der Waals surface area contributed by atoms with Gasteiger partial charge in [-0.05, 0) is 31.2 Å². The van der Waals surface area contributed by atoms with Gasteiger partial charge in [-0.1, -0.05) is 23.8 Å². The molecular weight excluding hydrogens is 306 g/mol. The fourth-order valence-electron chi connectivity index (χ4n) is 2.77. The van der Waals surface area contributed by atoms with Crippen molar-refractivity contribution in [1.29, 1.82) is 0 Å². The molecule has 0 bridgehead atoms. The first-order valence-corrected chi connectivity index (χ1v) is 7.85. The molecule has 24 heavy (non-hydrogen) atoms. The van der Waals surface area contributed by atoms with Gasteiger partial charge in [0.05, 0.1) is 12.6 Å². The van der Waals surface area contributed by atoms with Gasteiger partial charge in [-0.3, -0.25) is 9.59 Å². The maximum absolute atomic E-state index is 12.6. The van der Waals surface area contributed by atoms with E-state index in [1.807, 2.05) is 25.1 Å². The van der Waals surface area contributed by atoms with Gasteiger partial charge in [0.1, 0.15) is 11.5 Å². The molecule has 1 unspecified atom stereocenters. The second-order valence-electron chi connectivity index (χ2n) is 5.83. The molecule has 2 aromatic rings. The number of rotatable bonds is 3. The van der Waals surface area contributed by atoms with Crippen LogP contribution in [0, 0.1) is 6.92 Å². The largest absolute Gasteiger partial charge is 0.493 e. The van der Waals surface area contributed by atoms with Crippen LogP contribution in [0.5, 0.6) is 11.5 Å². The molecule has 1 aliphatic rings. The summed E-state index contributed by atoms with van der Waals surface area (Å²) in [5.74, 6) is 0.550. The SMILES string of the molecule is CC(=O)Oc1cccc(C(=O)NC2CCOc3ccc(C)cc32)c1. The molecule has 0 radical (unpaired) electrons. The van der Waals surface area contributed by atoms with Crippen molar-refractivity contribution in [2.45, 2.75) is 26.3 Å². The topological polar surface area (TPSA) is 64.6 Å². The highest BCUT2D eigenvalue weighted by molar-refractivity contribution is 5.95. The Hall–Kier alpha value is -2.82. The molecule has 1 aliphatic heterocycles. The van der Waals surface area contributed by atoms with Crippen LogP contribution in [0.3, 0.4) is 0 Å². The number of esters is 1. The van der Waals surface area contributed by atoms with Gasteiger partial charge in [-0.2, -0.15) is 0 Å². The van der Waals surface area contributed by atoms with Crippen molar-refractivity contribution in [2.75, 3.05) is 6.61 Å². The third kappa shape index (κ3) is 3.56. The average molecular weight is 325 g/mol. The Kier molecular flexibility index (Phi) is 4.51. The zero-order valence-electron chi connectivity index (χ0n) is 13.7. The first-order valence-electron chi connectivity index (χ1n) is 7.85. The normalized spacial score (nSPS) is 15.8. The van der Waals surface area contributed by atoms with E-state index in [-0.39, 0.29) is 11.9 Å². The minimum atomic E-state index is -0.415. The standard InChI is InChI=1S/C19H19NO4/c1-12-6-7-18-16(10-12)17(8-9-23-18)20-19(22)14-4-3-5-15(11-14)24-13(2)21/h3-7,10-11,17H,8-9H2,1-2H3,(H,20,22). The molecule has 3 rings (SSSR count). The van der Waals surface area contributed by atoms with Crippen LogP contribution in [0.15, 0.2) is 42.5 Å². The van der Waals surface area contributed by atoms with Gasteiger partial charge >= 0.3 is 5.97 Å². The predicted octanol–water partition coefficient (Wildman–Crippen LogP) is 3.17. The Morgan fingerprint density at radius 1 is 1.21 bits per heavy atom. The Balaban J connectivity index is 1.79. The van der Waals surface area contributed by atoms with E-state index in [0.717, 1.165) is 16.9 Å². The number of nitrogens with one attached hydrogen (secondary N) is 1. The van der Waals surface area contributed by atoms with Crippen molar-refractivity contribution in [3.05, 3.63) is 59.2 Å². The lowest BCUT2D eigenvalue weighted by Crippen LogP contribution is -2.32. The van der Waals surface area contributed by atoms with Crippen molar-refractivity contribution in [1.82, 2.24) is 5.32 Å². The van der Waals surface area contributed by atoms with Crippen molar-refractivity contribution in [2.24, 2.45) is 0 Å². The maximum Gasteiger partial charge on any atom is 0.308 e. The number of fused-ring (bicyclic) bond motifs is 1. The monoisotopic (exact) mass is 325 g/mol. The number of ether oxygens (including phenoxy) is 2. The summed E-state index contributed by atoms with van der Waals surface area (Å²) in [6.07, 6.45) is 0.714. The Labute approximate surface area is 140 Å². The fourth-order valence-corrected chi connectivity index (χ4v) is 2.77. The van der Waals surface area contributed by atoms with Crippen molar-refractivity contribution in [3.8, 4) is 11.5 Å². The lowest BCUT2D eigenvalue weighted by Gasteiger charge is -2.27. The molecule has 1 heterocycles. The van der Waals surface area contributed by atoms with Crippen LogP contribution >= 0.6 is 0 Å². The quantitative estimate of drug-likeness (QED) is 0.695. The van der Waals surface area contributed by atoms with Crippen LogP contribution in [0.1, 0.15) is 40.9 Å². The van der Waals surface area contributed by atoms with Gasteiger partial charge in [0.15, 0.2) is 0 Å². The van der Waals surface area contributed by atoms with Crippen LogP contribution < -0.4 is 14.8 Å². The number of aryl methyl sites for hydroxylation is 1. The average Bonchev–Trinajstić information content (AvgIpc) is 2.55. The summed E-state index contributed by atoms with van der Waals surface area (Å²) in [4.78, 5) is 23.6. The van der Waals surface area contributed by atoms with E-state index in [0.29, 0.717) is 24.3 Å². The molecule has 2 aromatic carbocycles. The summed E-state index contributed by atoms with van der Waals surface area (Å²) in [6.45, 7) is 3.90. The van der Waals surface area contributed by atoms with Gasteiger partial charge in [-0.15, -0.1) is 0 Å². The number of benzene rings is 2. The number of amides is 1. The summed E-state index contributed by atoms with van der Waals surface area (Å²) >= 11 is 0. The summed E-state index contributed by atoms with van der Waals surface area (Å²) in [7, 11) is 0. The number of hydrogen-bond donors (Lipinski definition) is 1. The fraction of sp³-hybridized carbons (Fsp3) is 0.263. The first-order chi connectivity index (χ1) is 11.5. The first kappa shape index (κ1) is 16.1. The highest BCUT2D eigenvalue weighted by atomic mass is 16.5. The van der Waals surface area contributed by atoms with E-state index in [2.05, 4.69) is 5.32 Å². The second kappa shape index (κ2) is 6.74. The third-order valence-corrected chi connectivity index (χ3v) is 3.87. The van der Waals surface area contributed by atoms with E-state index < -0.39 is 5.97 Å². The lowest BCUT2D eigenvalue weighted by atomic mass is 9.98. The van der Waals surface area contributed by atoms with Crippen LogP contribution in [-0.2, 0) is 4.79 Å². The minimum Gasteiger partial charge on any atom is -0.493 e. The zero-order valence-corrected chi connectivity index (χ0v) is 13.7. The number of carbonyl (C=O) groups is 2. The van der Waals surface area contributed by atoms with Gasteiger partial charge < -0.3 is 14.8 Å². The smallest absolute Gasteiger partial charge is 0.308 e. The highest BCUT2D eigenvalue weighted by Crippen LogP contribution is 2.32. The van der Waals surface area contributed by atoms with Crippen molar-refractivity contribution >= 4 is 11.9 Å². The molecule has 0 saturated heterocycles. The summed E-state index contributed by atoms with van der Waals surface area (Å²) in [6, 6.07) is 12.5. The van der Waals surface area contributed by atoms with Gasteiger partial charge in [0.2, 0.25) is 0 Å². The number of hydrogen-bond acceptors (Lipinski definition) is 4. The minimum absolute atomic E-state index is 0.0986. The van der Waals surface area contributed by atoms with E-state index in [1.165, 1.54) is 6.92 Å². The predicted molar refractivity (Wildman–Crippen MR) is 89.2 cm³/mol. The molecule has 124 valence electrons. The summed E-state index contributed by atoms with van der Waals surface area (Å²) < 4.78 is 10.7. The van der Waals surface area contributed by atoms with Gasteiger partial charge in [0, 0.05) is 24.5 Å². The molecule has 1 amide bonds. The van der Waals surface area contributed by atoms with Crippen LogP contribution in [0.2, 0.25) is 0 Å². The van der Waals surface area contributed by atoms with Crippen LogP contribution in [0.4, 0.5) is 0 Å². The van der Waals surface area contributed by atoms with E-state index in [1.54, 1.807) is 24.3 Å². The van der Waals surface area contributed by atoms with Gasteiger partial charge in [0.25, 0.3) is 5.91 Å². The van der Waals surface area contributed by atoms with Crippen LogP contribution in [-0.4, -0.2) is 18.5 Å². The highest BCUT2D eigenvalue weighted by Gasteiger charge is 2.23. The molecule has 0 aromatic heterocycles. The lowest BCUT2D eigenvalue weighted by molar-refractivity contribution is -0.131. The molecule has 5 heteroatoms. The van der Waals surface area contributed by atoms with Gasteiger partial charge in [-0.25, -0.2) is 0 Å². The molecular formula is C19H19NO4. The second-order valence-corrected chi connectivity index (χ2v) is 5.83. The van der Waals surface area contributed by atoms with Crippen LogP contribution in [0.25, 0.3) is 0 Å². The van der Waals surface area contributed by atoms with Crippen molar-refractivity contribution in [3.63, 3.8) is 0 Å². The molecule has 5 nitrogen and oxygen atoms in total. The maximum atomic E-state index is 12.6.